The summed E-state index contributed by atoms with van der Waals surface area (Å²) in [6, 6.07) is 22.5. The van der Waals surface area contributed by atoms with Crippen molar-refractivity contribution in [3.63, 3.8) is 0 Å². The SMILES string of the molecule is Cc1ccc(-n2c(COc3ccccc3)nnc2SCC(=O)Nc2ccc(Cl)c(Cl)c2)cc1. The summed E-state index contributed by atoms with van der Waals surface area (Å²) >= 11 is 13.2. The summed E-state index contributed by atoms with van der Waals surface area (Å²) in [5.74, 6) is 1.32. The Morgan fingerprint density at radius 1 is 1.00 bits per heavy atom. The van der Waals surface area contributed by atoms with Crippen molar-refractivity contribution in [1.29, 1.82) is 0 Å². The van der Waals surface area contributed by atoms with E-state index in [4.69, 9.17) is 27.9 Å². The third-order valence-corrected chi connectivity index (χ3v) is 6.31. The lowest BCUT2D eigenvalue weighted by Crippen LogP contribution is -2.14. The summed E-state index contributed by atoms with van der Waals surface area (Å²) in [7, 11) is 0. The maximum Gasteiger partial charge on any atom is 0.234 e. The number of carbonyl (C=O) groups excluding carboxylic acids is 1. The van der Waals surface area contributed by atoms with Crippen molar-refractivity contribution in [2.75, 3.05) is 11.1 Å². The number of benzene rings is 3. The second-order valence-electron chi connectivity index (χ2n) is 7.14. The Kier molecular flexibility index (Phi) is 7.54. The molecule has 0 atom stereocenters. The third-order valence-electron chi connectivity index (χ3n) is 4.64. The zero-order chi connectivity index (χ0) is 23.2. The average molecular weight is 499 g/mol. The molecule has 0 saturated heterocycles. The van der Waals surface area contributed by atoms with E-state index in [9.17, 15) is 4.79 Å². The van der Waals surface area contributed by atoms with Crippen LogP contribution in [-0.4, -0.2) is 26.4 Å². The molecular formula is C24H20Cl2N4O2S. The van der Waals surface area contributed by atoms with E-state index in [-0.39, 0.29) is 18.3 Å². The smallest absolute Gasteiger partial charge is 0.234 e. The molecule has 1 heterocycles. The van der Waals surface area contributed by atoms with Crippen LogP contribution < -0.4 is 10.1 Å². The highest BCUT2D eigenvalue weighted by atomic mass is 35.5. The number of rotatable bonds is 8. The van der Waals surface area contributed by atoms with E-state index in [1.165, 1.54) is 11.8 Å². The Balaban J connectivity index is 1.50. The first-order chi connectivity index (χ1) is 16.0. The largest absolute Gasteiger partial charge is 0.486 e. The first-order valence-corrected chi connectivity index (χ1v) is 11.8. The highest BCUT2D eigenvalue weighted by Crippen LogP contribution is 2.26. The summed E-state index contributed by atoms with van der Waals surface area (Å²) in [5, 5.41) is 12.8. The van der Waals surface area contributed by atoms with Crippen LogP contribution in [0.25, 0.3) is 5.69 Å². The van der Waals surface area contributed by atoms with Gasteiger partial charge in [0.25, 0.3) is 0 Å². The van der Waals surface area contributed by atoms with Gasteiger partial charge in [-0.1, -0.05) is 70.9 Å². The lowest BCUT2D eigenvalue weighted by molar-refractivity contribution is -0.113. The molecular weight excluding hydrogens is 479 g/mol. The van der Waals surface area contributed by atoms with Gasteiger partial charge in [0.05, 0.1) is 15.8 Å². The number of para-hydroxylation sites is 1. The molecule has 0 aliphatic carbocycles. The Morgan fingerprint density at radius 2 is 1.76 bits per heavy atom. The van der Waals surface area contributed by atoms with Crippen LogP contribution in [0.15, 0.2) is 78.0 Å². The van der Waals surface area contributed by atoms with E-state index in [1.54, 1.807) is 18.2 Å². The van der Waals surface area contributed by atoms with E-state index in [0.717, 1.165) is 17.0 Å². The fraction of sp³-hybridized carbons (Fsp3) is 0.125. The molecule has 0 radical (unpaired) electrons. The monoisotopic (exact) mass is 498 g/mol. The van der Waals surface area contributed by atoms with Gasteiger partial charge in [0.1, 0.15) is 12.4 Å². The molecule has 3 aromatic carbocycles. The number of thioether (sulfide) groups is 1. The van der Waals surface area contributed by atoms with Gasteiger partial charge in [-0.2, -0.15) is 0 Å². The zero-order valence-electron chi connectivity index (χ0n) is 17.7. The predicted molar refractivity (Wildman–Crippen MR) is 133 cm³/mol. The van der Waals surface area contributed by atoms with Crippen LogP contribution in [0.4, 0.5) is 5.69 Å². The van der Waals surface area contributed by atoms with Gasteiger partial charge in [-0.15, -0.1) is 10.2 Å². The highest BCUT2D eigenvalue weighted by Gasteiger charge is 2.17. The molecule has 0 spiro atoms. The number of ether oxygens (including phenoxy) is 1. The molecule has 168 valence electrons. The summed E-state index contributed by atoms with van der Waals surface area (Å²) < 4.78 is 7.78. The maximum absolute atomic E-state index is 12.5. The topological polar surface area (TPSA) is 69.0 Å². The number of nitrogens with one attached hydrogen (secondary N) is 1. The normalized spacial score (nSPS) is 10.8. The Morgan fingerprint density at radius 3 is 2.48 bits per heavy atom. The first-order valence-electron chi connectivity index (χ1n) is 10.1. The van der Waals surface area contributed by atoms with Gasteiger partial charge in [-0.25, -0.2) is 0 Å². The van der Waals surface area contributed by atoms with Crippen LogP contribution in [0, 0.1) is 6.92 Å². The van der Waals surface area contributed by atoms with Crippen molar-refractivity contribution in [1.82, 2.24) is 14.8 Å². The quantitative estimate of drug-likeness (QED) is 0.293. The van der Waals surface area contributed by atoms with Crippen molar-refractivity contribution < 1.29 is 9.53 Å². The summed E-state index contributed by atoms with van der Waals surface area (Å²) in [6.45, 7) is 2.26. The van der Waals surface area contributed by atoms with E-state index < -0.39 is 0 Å². The Bertz CT molecular complexity index is 1250. The number of aromatic nitrogens is 3. The second-order valence-corrected chi connectivity index (χ2v) is 8.89. The molecule has 1 amide bonds. The van der Waals surface area contributed by atoms with Crippen molar-refractivity contribution in [3.05, 3.63) is 94.2 Å². The van der Waals surface area contributed by atoms with Crippen molar-refractivity contribution in [2.24, 2.45) is 0 Å². The van der Waals surface area contributed by atoms with Crippen LogP contribution in [0.2, 0.25) is 10.0 Å². The van der Waals surface area contributed by atoms with E-state index in [0.29, 0.717) is 26.7 Å². The zero-order valence-corrected chi connectivity index (χ0v) is 20.0. The van der Waals surface area contributed by atoms with Gasteiger partial charge in [0.2, 0.25) is 5.91 Å². The predicted octanol–water partition coefficient (Wildman–Crippen LogP) is 6.19. The number of halogens is 2. The van der Waals surface area contributed by atoms with Gasteiger partial charge in [0.15, 0.2) is 11.0 Å². The van der Waals surface area contributed by atoms with Crippen LogP contribution in [0.1, 0.15) is 11.4 Å². The lowest BCUT2D eigenvalue weighted by Gasteiger charge is -2.12. The molecule has 33 heavy (non-hydrogen) atoms. The minimum Gasteiger partial charge on any atom is -0.486 e. The molecule has 6 nitrogen and oxygen atoms in total. The summed E-state index contributed by atoms with van der Waals surface area (Å²) in [6.07, 6.45) is 0. The van der Waals surface area contributed by atoms with E-state index in [2.05, 4.69) is 15.5 Å². The molecule has 4 aromatic rings. The highest BCUT2D eigenvalue weighted by molar-refractivity contribution is 7.99. The number of hydrogen-bond donors (Lipinski definition) is 1. The summed E-state index contributed by atoms with van der Waals surface area (Å²) in [4.78, 5) is 12.5. The van der Waals surface area contributed by atoms with Crippen LogP contribution >= 0.6 is 35.0 Å². The molecule has 9 heteroatoms. The number of nitrogens with zero attached hydrogens (tertiary/aromatic N) is 3. The van der Waals surface area contributed by atoms with Crippen molar-refractivity contribution in [2.45, 2.75) is 18.7 Å². The first kappa shape index (κ1) is 23.2. The average Bonchev–Trinajstić information content (AvgIpc) is 3.23. The van der Waals surface area contributed by atoms with Crippen molar-refractivity contribution >= 4 is 46.6 Å². The number of hydrogen-bond acceptors (Lipinski definition) is 5. The van der Waals surface area contributed by atoms with E-state index >= 15 is 0 Å². The molecule has 1 aromatic heterocycles. The van der Waals surface area contributed by atoms with Gasteiger partial charge >= 0.3 is 0 Å². The second kappa shape index (κ2) is 10.7. The molecule has 0 aliphatic heterocycles. The lowest BCUT2D eigenvalue weighted by atomic mass is 10.2. The number of aryl methyl sites for hydroxylation is 1. The molecule has 0 bridgehead atoms. The molecule has 0 aliphatic rings. The fourth-order valence-electron chi connectivity index (χ4n) is 3.01. The van der Waals surface area contributed by atoms with E-state index in [1.807, 2.05) is 66.1 Å². The minimum absolute atomic E-state index is 0.143. The van der Waals surface area contributed by atoms with Gasteiger partial charge < -0.3 is 10.1 Å². The molecule has 0 unspecified atom stereocenters. The molecule has 0 saturated carbocycles. The number of anilines is 1. The van der Waals surface area contributed by atoms with Gasteiger partial charge in [-0.05, 0) is 49.4 Å². The molecule has 1 N–H and O–H groups in total. The Hall–Kier alpha value is -3.00. The maximum atomic E-state index is 12.5. The van der Waals surface area contributed by atoms with Crippen LogP contribution in [-0.2, 0) is 11.4 Å². The standard InChI is InChI=1S/C24H20Cl2N4O2S/c1-16-7-10-18(11-8-16)30-22(14-32-19-5-3-2-4-6-19)28-29-24(30)33-15-23(31)27-17-9-12-20(25)21(26)13-17/h2-13H,14-15H2,1H3,(H,27,31). The number of amides is 1. The third kappa shape index (κ3) is 6.07. The Labute approximate surface area is 205 Å². The van der Waals surface area contributed by atoms with Crippen LogP contribution in [0.3, 0.4) is 0 Å². The van der Waals surface area contributed by atoms with Gasteiger partial charge in [0, 0.05) is 11.4 Å². The van der Waals surface area contributed by atoms with Crippen LogP contribution in [0.5, 0.6) is 5.75 Å². The molecule has 0 fully saturated rings. The van der Waals surface area contributed by atoms with Crippen molar-refractivity contribution in [3.8, 4) is 11.4 Å². The van der Waals surface area contributed by atoms with Gasteiger partial charge in [-0.3, -0.25) is 9.36 Å². The summed E-state index contributed by atoms with van der Waals surface area (Å²) in [5.41, 5.74) is 2.61. The minimum atomic E-state index is -0.195. The fourth-order valence-corrected chi connectivity index (χ4v) is 4.08. The molecule has 4 rings (SSSR count). The number of carbonyl (C=O) groups is 1.